The van der Waals surface area contributed by atoms with Crippen LogP contribution in [0, 0.1) is 5.92 Å². The Hall–Kier alpha value is -0.0800. The van der Waals surface area contributed by atoms with Crippen LogP contribution in [0.5, 0.6) is 0 Å². The minimum atomic E-state index is 0.0404. The van der Waals surface area contributed by atoms with Crippen LogP contribution < -0.4 is 5.32 Å². The van der Waals surface area contributed by atoms with Gasteiger partial charge in [0.05, 0.1) is 11.7 Å². The molecule has 1 aliphatic carbocycles. The summed E-state index contributed by atoms with van der Waals surface area (Å²) in [5.74, 6) is 0.938. The van der Waals surface area contributed by atoms with Crippen LogP contribution in [0.4, 0.5) is 0 Å². The van der Waals surface area contributed by atoms with Crippen molar-refractivity contribution in [2.24, 2.45) is 5.92 Å². The maximum absolute atomic E-state index is 6.14. The highest BCUT2D eigenvalue weighted by atomic mass is 16.5. The van der Waals surface area contributed by atoms with Crippen molar-refractivity contribution in [1.82, 2.24) is 5.32 Å². The first-order valence-electron chi connectivity index (χ1n) is 6.52. The van der Waals surface area contributed by atoms with Crippen LogP contribution >= 0.6 is 0 Å². The lowest BCUT2D eigenvalue weighted by atomic mass is 9.80. The third-order valence-corrected chi connectivity index (χ3v) is 3.85. The van der Waals surface area contributed by atoms with E-state index in [1.54, 1.807) is 0 Å². The number of fused-ring (bicyclic) bond motifs is 1. The third kappa shape index (κ3) is 2.73. The Labute approximate surface area is 93.8 Å². The van der Waals surface area contributed by atoms with Gasteiger partial charge in [0.2, 0.25) is 0 Å². The highest BCUT2D eigenvalue weighted by Crippen LogP contribution is 2.34. The number of hydrogen-bond donors (Lipinski definition) is 1. The van der Waals surface area contributed by atoms with Gasteiger partial charge in [-0.3, -0.25) is 0 Å². The van der Waals surface area contributed by atoms with Crippen molar-refractivity contribution in [3.8, 4) is 0 Å². The average Bonchev–Trinajstić information content (AvgIpc) is 2.18. The fourth-order valence-corrected chi connectivity index (χ4v) is 3.08. The molecule has 1 heterocycles. The molecule has 1 saturated heterocycles. The molecule has 1 aliphatic heterocycles. The second-order valence-electron chi connectivity index (χ2n) is 5.87. The lowest BCUT2D eigenvalue weighted by Crippen LogP contribution is -2.58. The Kier molecular flexibility index (Phi) is 3.36. The summed E-state index contributed by atoms with van der Waals surface area (Å²) in [5.41, 5.74) is 0.0404. The summed E-state index contributed by atoms with van der Waals surface area (Å²) >= 11 is 0. The van der Waals surface area contributed by atoms with Crippen molar-refractivity contribution in [3.63, 3.8) is 0 Å². The first kappa shape index (κ1) is 11.4. The van der Waals surface area contributed by atoms with E-state index < -0.39 is 0 Å². The van der Waals surface area contributed by atoms with Crippen molar-refractivity contribution in [3.05, 3.63) is 0 Å². The topological polar surface area (TPSA) is 21.3 Å². The first-order valence-corrected chi connectivity index (χ1v) is 6.52. The molecule has 1 N–H and O–H groups in total. The molecule has 2 nitrogen and oxygen atoms in total. The van der Waals surface area contributed by atoms with E-state index in [0.717, 1.165) is 12.5 Å². The van der Waals surface area contributed by atoms with Crippen LogP contribution in [-0.2, 0) is 4.74 Å². The normalized spacial score (nSPS) is 39.8. The lowest BCUT2D eigenvalue weighted by molar-refractivity contribution is -0.132. The van der Waals surface area contributed by atoms with Gasteiger partial charge in [-0.1, -0.05) is 19.8 Å². The third-order valence-electron chi connectivity index (χ3n) is 3.85. The van der Waals surface area contributed by atoms with E-state index in [0.29, 0.717) is 12.1 Å². The Morgan fingerprint density at radius 3 is 2.87 bits per heavy atom. The Morgan fingerprint density at radius 2 is 2.13 bits per heavy atom. The largest absolute Gasteiger partial charge is 0.369 e. The van der Waals surface area contributed by atoms with Crippen molar-refractivity contribution in [1.29, 1.82) is 0 Å². The molecule has 0 radical (unpaired) electrons. The van der Waals surface area contributed by atoms with Crippen molar-refractivity contribution in [2.75, 3.05) is 6.54 Å². The van der Waals surface area contributed by atoms with Crippen LogP contribution in [0.2, 0.25) is 0 Å². The molecule has 0 aromatic rings. The molecule has 0 spiro atoms. The maximum atomic E-state index is 6.14. The van der Waals surface area contributed by atoms with Crippen LogP contribution in [0.3, 0.4) is 0 Å². The lowest BCUT2D eigenvalue weighted by Gasteiger charge is -2.46. The molecule has 0 aromatic carbocycles. The quantitative estimate of drug-likeness (QED) is 0.758. The van der Waals surface area contributed by atoms with E-state index in [2.05, 4.69) is 26.1 Å². The van der Waals surface area contributed by atoms with Gasteiger partial charge in [0.15, 0.2) is 0 Å². The first-order chi connectivity index (χ1) is 7.11. The van der Waals surface area contributed by atoms with Gasteiger partial charge < -0.3 is 10.1 Å². The molecular formula is C13H25NO. The SMILES string of the molecule is CCCC1CCC2OC(C)(C)CNC2C1. The van der Waals surface area contributed by atoms with Gasteiger partial charge in [0.1, 0.15) is 0 Å². The molecule has 15 heavy (non-hydrogen) atoms. The molecule has 2 heteroatoms. The predicted octanol–water partition coefficient (Wildman–Crippen LogP) is 2.72. The zero-order valence-corrected chi connectivity index (χ0v) is 10.4. The van der Waals surface area contributed by atoms with E-state index in [-0.39, 0.29) is 5.60 Å². The average molecular weight is 211 g/mol. The fraction of sp³-hybridized carbons (Fsp3) is 1.00. The summed E-state index contributed by atoms with van der Waals surface area (Å²) in [4.78, 5) is 0. The minimum absolute atomic E-state index is 0.0404. The monoisotopic (exact) mass is 211 g/mol. The highest BCUT2D eigenvalue weighted by Gasteiger charge is 2.38. The molecule has 0 amide bonds. The van der Waals surface area contributed by atoms with Gasteiger partial charge >= 0.3 is 0 Å². The van der Waals surface area contributed by atoms with Crippen LogP contribution in [-0.4, -0.2) is 24.3 Å². The number of morpholine rings is 1. The zero-order chi connectivity index (χ0) is 10.9. The number of ether oxygens (including phenoxy) is 1. The number of hydrogen-bond acceptors (Lipinski definition) is 2. The summed E-state index contributed by atoms with van der Waals surface area (Å²) in [6.07, 6.45) is 7.15. The number of rotatable bonds is 2. The molecule has 88 valence electrons. The molecular weight excluding hydrogens is 186 g/mol. The molecule has 1 saturated carbocycles. The second kappa shape index (κ2) is 4.42. The van der Waals surface area contributed by atoms with E-state index >= 15 is 0 Å². The van der Waals surface area contributed by atoms with Crippen molar-refractivity contribution >= 4 is 0 Å². The van der Waals surface area contributed by atoms with E-state index in [1.165, 1.54) is 32.1 Å². The van der Waals surface area contributed by atoms with E-state index in [4.69, 9.17) is 4.74 Å². The van der Waals surface area contributed by atoms with E-state index in [9.17, 15) is 0 Å². The molecule has 0 aromatic heterocycles. The van der Waals surface area contributed by atoms with Crippen molar-refractivity contribution in [2.45, 2.75) is 70.6 Å². The standard InChI is InChI=1S/C13H25NO/c1-4-5-10-6-7-12-11(8-10)14-9-13(2,3)15-12/h10-12,14H,4-9H2,1-3H3. The molecule has 3 unspecified atom stereocenters. The highest BCUT2D eigenvalue weighted by molar-refractivity contribution is 4.93. The summed E-state index contributed by atoms with van der Waals surface area (Å²) in [5, 5.41) is 3.67. The molecule has 2 fully saturated rings. The second-order valence-corrected chi connectivity index (χ2v) is 5.87. The summed E-state index contributed by atoms with van der Waals surface area (Å²) in [6.45, 7) is 7.68. The van der Waals surface area contributed by atoms with E-state index in [1.807, 2.05) is 0 Å². The summed E-state index contributed by atoms with van der Waals surface area (Å²) < 4.78 is 6.14. The van der Waals surface area contributed by atoms with Gasteiger partial charge in [-0.2, -0.15) is 0 Å². The van der Waals surface area contributed by atoms with Crippen LogP contribution in [0.25, 0.3) is 0 Å². The molecule has 2 rings (SSSR count). The van der Waals surface area contributed by atoms with Gasteiger partial charge in [-0.05, 0) is 39.0 Å². The maximum Gasteiger partial charge on any atom is 0.0755 e. The van der Waals surface area contributed by atoms with Crippen molar-refractivity contribution < 1.29 is 4.74 Å². The Bertz CT molecular complexity index is 215. The molecule has 3 atom stereocenters. The van der Waals surface area contributed by atoms with Gasteiger partial charge in [0, 0.05) is 12.6 Å². The smallest absolute Gasteiger partial charge is 0.0755 e. The minimum Gasteiger partial charge on any atom is -0.369 e. The molecule has 2 aliphatic rings. The predicted molar refractivity (Wildman–Crippen MR) is 63.0 cm³/mol. The molecule has 0 bridgehead atoms. The van der Waals surface area contributed by atoms with Crippen LogP contribution in [0.1, 0.15) is 52.9 Å². The summed E-state index contributed by atoms with van der Waals surface area (Å²) in [6, 6.07) is 0.628. The van der Waals surface area contributed by atoms with Gasteiger partial charge in [0.25, 0.3) is 0 Å². The van der Waals surface area contributed by atoms with Gasteiger partial charge in [-0.15, -0.1) is 0 Å². The Balaban J connectivity index is 1.89. The summed E-state index contributed by atoms with van der Waals surface area (Å²) in [7, 11) is 0. The van der Waals surface area contributed by atoms with Crippen LogP contribution in [0.15, 0.2) is 0 Å². The fourth-order valence-electron chi connectivity index (χ4n) is 3.08. The number of nitrogens with one attached hydrogen (secondary N) is 1. The van der Waals surface area contributed by atoms with Gasteiger partial charge in [-0.25, -0.2) is 0 Å². The Morgan fingerprint density at radius 1 is 1.33 bits per heavy atom. The zero-order valence-electron chi connectivity index (χ0n) is 10.4.